The fourth-order valence-corrected chi connectivity index (χ4v) is 3.15. The lowest BCUT2D eigenvalue weighted by Gasteiger charge is -2.22. The number of fused-ring (bicyclic) bond motifs is 1. The van der Waals surface area contributed by atoms with Crippen LogP contribution < -0.4 is 4.74 Å². The molecule has 0 spiro atoms. The number of aliphatic hydroxyl groups is 1. The van der Waals surface area contributed by atoms with Gasteiger partial charge in [-0.25, -0.2) is 0 Å². The molecule has 1 fully saturated rings. The molecule has 0 bridgehead atoms. The molecule has 1 atom stereocenters. The van der Waals surface area contributed by atoms with Crippen molar-refractivity contribution in [1.29, 1.82) is 0 Å². The Bertz CT molecular complexity index is 427. The minimum atomic E-state index is -0.276. The van der Waals surface area contributed by atoms with Gasteiger partial charge in [-0.3, -0.25) is 4.90 Å². The maximum atomic E-state index is 9.92. The van der Waals surface area contributed by atoms with E-state index in [1.807, 2.05) is 12.1 Å². The Morgan fingerprint density at radius 3 is 2.89 bits per heavy atom. The molecule has 1 aromatic rings. The number of ether oxygens (including phenoxy) is 1. The van der Waals surface area contributed by atoms with Crippen molar-refractivity contribution in [2.45, 2.75) is 38.2 Å². The average molecular weight is 261 g/mol. The zero-order chi connectivity index (χ0) is 13.1. The van der Waals surface area contributed by atoms with Gasteiger partial charge in [0.15, 0.2) is 0 Å². The molecule has 1 heterocycles. The minimum absolute atomic E-state index is 0.276. The van der Waals surface area contributed by atoms with Gasteiger partial charge in [0.05, 0.1) is 6.10 Å². The second-order valence-corrected chi connectivity index (χ2v) is 5.67. The first-order valence-electron chi connectivity index (χ1n) is 7.49. The SMILES string of the molecule is O[C@H]1CCCc2cc(OCCN3CCCC3)ccc21. The van der Waals surface area contributed by atoms with E-state index < -0.39 is 0 Å². The molecule has 0 aromatic heterocycles. The third-order valence-corrected chi connectivity index (χ3v) is 4.27. The molecule has 1 aromatic carbocycles. The van der Waals surface area contributed by atoms with Gasteiger partial charge in [-0.2, -0.15) is 0 Å². The molecular weight excluding hydrogens is 238 g/mol. The van der Waals surface area contributed by atoms with Crippen molar-refractivity contribution in [1.82, 2.24) is 4.90 Å². The summed E-state index contributed by atoms with van der Waals surface area (Å²) in [4.78, 5) is 2.46. The lowest BCUT2D eigenvalue weighted by atomic mass is 9.89. The standard InChI is InChI=1S/C16H23NO2/c18-16-5-3-4-13-12-14(6-7-15(13)16)19-11-10-17-8-1-2-9-17/h6-7,12,16,18H,1-5,8-11H2/t16-/m0/s1. The zero-order valence-corrected chi connectivity index (χ0v) is 11.5. The molecule has 1 N–H and O–H groups in total. The number of benzene rings is 1. The summed E-state index contributed by atoms with van der Waals surface area (Å²) in [5.41, 5.74) is 2.36. The first-order chi connectivity index (χ1) is 9.33. The second-order valence-electron chi connectivity index (χ2n) is 5.67. The molecule has 104 valence electrons. The summed E-state index contributed by atoms with van der Waals surface area (Å²) in [6.07, 6.45) is 5.42. The van der Waals surface area contributed by atoms with Crippen LogP contribution in [0.4, 0.5) is 0 Å². The van der Waals surface area contributed by atoms with Gasteiger partial charge in [0.25, 0.3) is 0 Å². The van der Waals surface area contributed by atoms with E-state index in [0.29, 0.717) is 0 Å². The van der Waals surface area contributed by atoms with Gasteiger partial charge >= 0.3 is 0 Å². The van der Waals surface area contributed by atoms with E-state index in [2.05, 4.69) is 11.0 Å². The van der Waals surface area contributed by atoms with Crippen LogP contribution in [0, 0.1) is 0 Å². The summed E-state index contributed by atoms with van der Waals surface area (Å²) >= 11 is 0. The summed E-state index contributed by atoms with van der Waals surface area (Å²) in [6.45, 7) is 4.24. The molecule has 3 rings (SSSR count). The van der Waals surface area contributed by atoms with Gasteiger partial charge < -0.3 is 9.84 Å². The minimum Gasteiger partial charge on any atom is -0.492 e. The summed E-state index contributed by atoms with van der Waals surface area (Å²) in [5.74, 6) is 0.951. The quantitative estimate of drug-likeness (QED) is 0.904. The predicted molar refractivity (Wildman–Crippen MR) is 75.5 cm³/mol. The highest BCUT2D eigenvalue weighted by atomic mass is 16.5. The molecule has 1 aliphatic carbocycles. The predicted octanol–water partition coefficient (Wildman–Crippen LogP) is 2.53. The molecule has 1 aliphatic heterocycles. The Morgan fingerprint density at radius 2 is 2.05 bits per heavy atom. The first-order valence-corrected chi connectivity index (χ1v) is 7.49. The summed E-state index contributed by atoms with van der Waals surface area (Å²) in [6, 6.07) is 6.14. The molecule has 3 heteroatoms. The van der Waals surface area contributed by atoms with E-state index in [-0.39, 0.29) is 6.10 Å². The highest BCUT2D eigenvalue weighted by Crippen LogP contribution is 2.31. The van der Waals surface area contributed by atoms with Crippen LogP contribution in [0.3, 0.4) is 0 Å². The fraction of sp³-hybridized carbons (Fsp3) is 0.625. The van der Waals surface area contributed by atoms with Gasteiger partial charge in [0.1, 0.15) is 12.4 Å². The third-order valence-electron chi connectivity index (χ3n) is 4.27. The molecule has 0 radical (unpaired) electrons. The Labute approximate surface area is 115 Å². The third kappa shape index (κ3) is 3.10. The Kier molecular flexibility index (Phi) is 4.04. The van der Waals surface area contributed by atoms with Crippen LogP contribution in [0.15, 0.2) is 18.2 Å². The van der Waals surface area contributed by atoms with Crippen LogP contribution in [0.25, 0.3) is 0 Å². The normalized spacial score (nSPS) is 23.3. The highest BCUT2D eigenvalue weighted by Gasteiger charge is 2.18. The summed E-state index contributed by atoms with van der Waals surface area (Å²) < 4.78 is 5.85. The van der Waals surface area contributed by atoms with Crippen LogP contribution in [0.5, 0.6) is 5.75 Å². The number of aliphatic hydroxyl groups excluding tert-OH is 1. The lowest BCUT2D eigenvalue weighted by molar-refractivity contribution is 0.156. The van der Waals surface area contributed by atoms with Crippen molar-refractivity contribution in [3.63, 3.8) is 0 Å². The Morgan fingerprint density at radius 1 is 1.21 bits per heavy atom. The molecular formula is C16H23NO2. The van der Waals surface area contributed by atoms with Crippen LogP contribution in [-0.4, -0.2) is 36.2 Å². The topological polar surface area (TPSA) is 32.7 Å². The molecule has 19 heavy (non-hydrogen) atoms. The van der Waals surface area contributed by atoms with Gasteiger partial charge in [-0.05, 0) is 68.5 Å². The van der Waals surface area contributed by atoms with E-state index in [4.69, 9.17) is 4.74 Å². The number of likely N-dealkylation sites (tertiary alicyclic amines) is 1. The van der Waals surface area contributed by atoms with Crippen molar-refractivity contribution in [2.75, 3.05) is 26.2 Å². The van der Waals surface area contributed by atoms with Crippen molar-refractivity contribution >= 4 is 0 Å². The maximum Gasteiger partial charge on any atom is 0.119 e. The van der Waals surface area contributed by atoms with Crippen LogP contribution in [-0.2, 0) is 6.42 Å². The van der Waals surface area contributed by atoms with E-state index in [0.717, 1.165) is 43.7 Å². The fourth-order valence-electron chi connectivity index (χ4n) is 3.15. The summed E-state index contributed by atoms with van der Waals surface area (Å²) in [5, 5.41) is 9.92. The largest absolute Gasteiger partial charge is 0.492 e. The van der Waals surface area contributed by atoms with E-state index in [1.165, 1.54) is 31.5 Å². The highest BCUT2D eigenvalue weighted by molar-refractivity contribution is 5.38. The molecule has 0 amide bonds. The molecule has 2 aliphatic rings. The van der Waals surface area contributed by atoms with E-state index in [9.17, 15) is 5.11 Å². The number of rotatable bonds is 4. The van der Waals surface area contributed by atoms with Crippen molar-refractivity contribution < 1.29 is 9.84 Å². The van der Waals surface area contributed by atoms with Crippen LogP contribution in [0.1, 0.15) is 42.9 Å². The molecule has 0 saturated carbocycles. The average Bonchev–Trinajstić information content (AvgIpc) is 2.92. The summed E-state index contributed by atoms with van der Waals surface area (Å²) in [7, 11) is 0. The Balaban J connectivity index is 1.56. The lowest BCUT2D eigenvalue weighted by Crippen LogP contribution is -2.25. The molecule has 0 unspecified atom stereocenters. The first kappa shape index (κ1) is 12.9. The van der Waals surface area contributed by atoms with E-state index in [1.54, 1.807) is 0 Å². The van der Waals surface area contributed by atoms with Gasteiger partial charge in [-0.15, -0.1) is 0 Å². The van der Waals surface area contributed by atoms with E-state index >= 15 is 0 Å². The van der Waals surface area contributed by atoms with Gasteiger partial charge in [-0.1, -0.05) is 6.07 Å². The monoisotopic (exact) mass is 261 g/mol. The Hall–Kier alpha value is -1.06. The van der Waals surface area contributed by atoms with Crippen LogP contribution >= 0.6 is 0 Å². The van der Waals surface area contributed by atoms with Gasteiger partial charge in [0.2, 0.25) is 0 Å². The van der Waals surface area contributed by atoms with Crippen molar-refractivity contribution in [3.8, 4) is 5.75 Å². The van der Waals surface area contributed by atoms with Crippen molar-refractivity contribution in [2.24, 2.45) is 0 Å². The number of aryl methyl sites for hydroxylation is 1. The smallest absolute Gasteiger partial charge is 0.119 e. The second kappa shape index (κ2) is 5.93. The van der Waals surface area contributed by atoms with Crippen LogP contribution in [0.2, 0.25) is 0 Å². The number of nitrogens with zero attached hydrogens (tertiary/aromatic N) is 1. The molecule has 3 nitrogen and oxygen atoms in total. The maximum absolute atomic E-state index is 9.92. The van der Waals surface area contributed by atoms with Crippen molar-refractivity contribution in [3.05, 3.63) is 29.3 Å². The van der Waals surface area contributed by atoms with Gasteiger partial charge in [0, 0.05) is 6.54 Å². The zero-order valence-electron chi connectivity index (χ0n) is 11.5. The molecule has 1 saturated heterocycles. The number of hydrogen-bond acceptors (Lipinski definition) is 3. The number of hydrogen-bond donors (Lipinski definition) is 1.